The summed E-state index contributed by atoms with van der Waals surface area (Å²) in [4.78, 5) is 0. The van der Waals surface area contributed by atoms with Gasteiger partial charge in [0.25, 0.3) is 0 Å². The van der Waals surface area contributed by atoms with E-state index in [9.17, 15) is 0 Å². The number of nitrogens with zero attached hydrogens (tertiary/aromatic N) is 3. The molecule has 1 aromatic heterocycles. The second-order valence-corrected chi connectivity index (χ2v) is 2.76. The molecular weight excluding hydrogens is 161 g/mol. The highest BCUT2D eigenvalue weighted by Crippen LogP contribution is 2.05. The summed E-state index contributed by atoms with van der Waals surface area (Å²) < 4.78 is 1.67. The molecule has 6 heteroatoms. The van der Waals surface area contributed by atoms with Gasteiger partial charge in [-0.15, -0.1) is 5.10 Å². The van der Waals surface area contributed by atoms with Crippen molar-refractivity contribution in [2.45, 2.75) is 13.3 Å². The SMILES string of the molecule is Cc1c(CCNN)nnn1P. The Labute approximate surface area is 67.6 Å². The van der Waals surface area contributed by atoms with Crippen molar-refractivity contribution in [1.29, 1.82) is 0 Å². The molecule has 0 radical (unpaired) electrons. The first kappa shape index (κ1) is 8.59. The average molecular weight is 173 g/mol. The van der Waals surface area contributed by atoms with E-state index < -0.39 is 0 Å². The monoisotopic (exact) mass is 173 g/mol. The first-order valence-electron chi connectivity index (χ1n) is 3.35. The van der Waals surface area contributed by atoms with Crippen LogP contribution in [0.4, 0.5) is 0 Å². The molecule has 0 aliphatic heterocycles. The summed E-state index contributed by atoms with van der Waals surface area (Å²) in [5.74, 6) is 5.12. The summed E-state index contributed by atoms with van der Waals surface area (Å²) in [6.45, 7) is 2.70. The highest BCUT2D eigenvalue weighted by Gasteiger charge is 2.03. The van der Waals surface area contributed by atoms with Crippen LogP contribution >= 0.6 is 9.39 Å². The Morgan fingerprint density at radius 2 is 2.45 bits per heavy atom. The second-order valence-electron chi connectivity index (χ2n) is 2.27. The number of hydrogen-bond donors (Lipinski definition) is 2. The molecule has 1 atom stereocenters. The van der Waals surface area contributed by atoms with E-state index in [-0.39, 0.29) is 0 Å². The Kier molecular flexibility index (Phi) is 2.93. The Hall–Kier alpha value is -0.510. The largest absolute Gasteiger partial charge is 0.271 e. The van der Waals surface area contributed by atoms with Gasteiger partial charge in [-0.25, -0.2) is 4.45 Å². The third kappa shape index (κ3) is 1.96. The predicted molar refractivity (Wildman–Crippen MR) is 45.8 cm³/mol. The van der Waals surface area contributed by atoms with Gasteiger partial charge in [-0.05, 0) is 16.3 Å². The van der Waals surface area contributed by atoms with Gasteiger partial charge in [0.2, 0.25) is 0 Å². The Bertz CT molecular complexity index is 233. The lowest BCUT2D eigenvalue weighted by Gasteiger charge is -1.96. The third-order valence-corrected chi connectivity index (χ3v) is 2.02. The molecule has 0 saturated heterocycles. The zero-order valence-corrected chi connectivity index (χ0v) is 7.57. The molecule has 1 aromatic rings. The van der Waals surface area contributed by atoms with Crippen LogP contribution in [0.1, 0.15) is 11.4 Å². The van der Waals surface area contributed by atoms with Crippen molar-refractivity contribution in [2.24, 2.45) is 5.84 Å². The Balaban J connectivity index is 2.63. The van der Waals surface area contributed by atoms with Gasteiger partial charge in [-0.1, -0.05) is 5.21 Å². The number of hydrogen-bond acceptors (Lipinski definition) is 4. The van der Waals surface area contributed by atoms with Gasteiger partial charge >= 0.3 is 0 Å². The molecule has 0 saturated carbocycles. The first-order valence-corrected chi connectivity index (χ1v) is 3.87. The van der Waals surface area contributed by atoms with Gasteiger partial charge in [-0.2, -0.15) is 0 Å². The molecule has 62 valence electrons. The minimum absolute atomic E-state index is 0.726. The van der Waals surface area contributed by atoms with Crippen LogP contribution in [-0.2, 0) is 6.42 Å². The second kappa shape index (κ2) is 3.76. The van der Waals surface area contributed by atoms with E-state index in [0.29, 0.717) is 0 Å². The number of nitrogens with two attached hydrogens (primary N) is 1. The zero-order valence-electron chi connectivity index (χ0n) is 6.41. The van der Waals surface area contributed by atoms with Gasteiger partial charge in [-0.3, -0.25) is 11.3 Å². The predicted octanol–water partition coefficient (Wildman–Crippen LogP) is -0.769. The third-order valence-electron chi connectivity index (χ3n) is 1.53. The van der Waals surface area contributed by atoms with Gasteiger partial charge in [0.05, 0.1) is 11.4 Å². The number of hydrazine groups is 1. The number of rotatable bonds is 3. The van der Waals surface area contributed by atoms with E-state index in [4.69, 9.17) is 5.84 Å². The fraction of sp³-hybridized carbons (Fsp3) is 0.600. The molecule has 0 aliphatic carbocycles. The lowest BCUT2D eigenvalue weighted by Crippen LogP contribution is -2.24. The van der Waals surface area contributed by atoms with Crippen LogP contribution in [0.15, 0.2) is 0 Å². The van der Waals surface area contributed by atoms with Crippen LogP contribution < -0.4 is 11.3 Å². The smallest absolute Gasteiger partial charge is 0.0872 e. The van der Waals surface area contributed by atoms with Crippen LogP contribution in [0.3, 0.4) is 0 Å². The Morgan fingerprint density at radius 1 is 1.73 bits per heavy atom. The topological polar surface area (TPSA) is 68.8 Å². The van der Waals surface area contributed by atoms with Crippen LogP contribution in [-0.4, -0.2) is 21.3 Å². The minimum Gasteiger partial charge on any atom is -0.271 e. The summed E-state index contributed by atoms with van der Waals surface area (Å²) in [5.41, 5.74) is 4.61. The van der Waals surface area contributed by atoms with E-state index in [2.05, 4.69) is 25.1 Å². The fourth-order valence-electron chi connectivity index (χ4n) is 0.795. The zero-order chi connectivity index (χ0) is 8.27. The maximum Gasteiger partial charge on any atom is 0.0872 e. The quantitative estimate of drug-likeness (QED) is 0.358. The van der Waals surface area contributed by atoms with Crippen molar-refractivity contribution >= 4 is 9.39 Å². The summed E-state index contributed by atoms with van der Waals surface area (Å²) in [5, 5.41) is 7.78. The highest BCUT2D eigenvalue weighted by molar-refractivity contribution is 7.14. The van der Waals surface area contributed by atoms with Crippen molar-refractivity contribution in [3.63, 3.8) is 0 Å². The van der Waals surface area contributed by atoms with E-state index in [1.165, 1.54) is 0 Å². The van der Waals surface area contributed by atoms with Gasteiger partial charge in [0.1, 0.15) is 0 Å². The van der Waals surface area contributed by atoms with Crippen LogP contribution in [0.25, 0.3) is 0 Å². The van der Waals surface area contributed by atoms with Crippen molar-refractivity contribution in [3.8, 4) is 0 Å². The van der Waals surface area contributed by atoms with Crippen molar-refractivity contribution < 1.29 is 0 Å². The molecule has 0 aliphatic rings. The summed E-state index contributed by atoms with van der Waals surface area (Å²) >= 11 is 0. The molecule has 0 amide bonds. The summed E-state index contributed by atoms with van der Waals surface area (Å²) in [7, 11) is 2.46. The Morgan fingerprint density at radius 3 is 2.91 bits per heavy atom. The van der Waals surface area contributed by atoms with Crippen LogP contribution in [0, 0.1) is 6.92 Å². The maximum atomic E-state index is 5.12. The minimum atomic E-state index is 0.726. The van der Waals surface area contributed by atoms with Crippen LogP contribution in [0.2, 0.25) is 0 Å². The summed E-state index contributed by atoms with van der Waals surface area (Å²) in [6, 6.07) is 0. The molecule has 0 aromatic carbocycles. The van der Waals surface area contributed by atoms with Crippen molar-refractivity contribution in [2.75, 3.05) is 6.54 Å². The standard InChI is InChI=1S/C5H12N5P/c1-4-5(2-3-7-6)8-9-10(4)11/h7H,2-3,6,11H2,1H3. The normalized spacial score (nSPS) is 10.5. The van der Waals surface area contributed by atoms with Gasteiger partial charge in [0, 0.05) is 13.0 Å². The van der Waals surface area contributed by atoms with E-state index >= 15 is 0 Å². The molecule has 1 unspecified atom stereocenters. The number of nitrogens with one attached hydrogen (secondary N) is 1. The molecule has 1 rings (SSSR count). The molecule has 0 spiro atoms. The molecule has 3 N–H and O–H groups in total. The van der Waals surface area contributed by atoms with E-state index in [0.717, 1.165) is 24.4 Å². The molecular formula is C5H12N5P. The lowest BCUT2D eigenvalue weighted by atomic mass is 10.3. The summed E-state index contributed by atoms with van der Waals surface area (Å²) in [6.07, 6.45) is 0.816. The fourth-order valence-corrected chi connectivity index (χ4v) is 0.996. The van der Waals surface area contributed by atoms with Crippen LogP contribution in [0.5, 0.6) is 0 Å². The number of aromatic nitrogens is 3. The van der Waals surface area contributed by atoms with Gasteiger partial charge in [0.15, 0.2) is 0 Å². The van der Waals surface area contributed by atoms with E-state index in [1.807, 2.05) is 6.92 Å². The first-order chi connectivity index (χ1) is 5.25. The molecule has 5 nitrogen and oxygen atoms in total. The highest BCUT2D eigenvalue weighted by atomic mass is 31.0. The van der Waals surface area contributed by atoms with Gasteiger partial charge < -0.3 is 0 Å². The van der Waals surface area contributed by atoms with E-state index in [1.54, 1.807) is 4.45 Å². The average Bonchev–Trinajstić information content (AvgIpc) is 2.31. The molecule has 0 fully saturated rings. The lowest BCUT2D eigenvalue weighted by molar-refractivity contribution is 0.714. The van der Waals surface area contributed by atoms with Crippen molar-refractivity contribution in [1.82, 2.24) is 20.2 Å². The maximum absolute atomic E-state index is 5.12. The van der Waals surface area contributed by atoms with Crippen molar-refractivity contribution in [3.05, 3.63) is 11.4 Å². The molecule has 0 bridgehead atoms. The molecule has 11 heavy (non-hydrogen) atoms. The molecule has 1 heterocycles.